The zero-order valence-electron chi connectivity index (χ0n) is 15.6. The number of hydrogen-bond acceptors (Lipinski definition) is 4. The van der Waals surface area contributed by atoms with Crippen molar-refractivity contribution in [1.29, 1.82) is 0 Å². The van der Waals surface area contributed by atoms with E-state index in [2.05, 4.69) is 15.8 Å². The van der Waals surface area contributed by atoms with E-state index in [9.17, 15) is 4.79 Å². The Morgan fingerprint density at radius 1 is 1.28 bits per heavy atom. The number of aromatic nitrogens is 1. The minimum Gasteiger partial charge on any atom is -0.374 e. The summed E-state index contributed by atoms with van der Waals surface area (Å²) in [4.78, 5) is 12.2. The first-order chi connectivity index (χ1) is 11.8. The summed E-state index contributed by atoms with van der Waals surface area (Å²) in [6.07, 6.45) is 0.849. The Balaban J connectivity index is 1.88. The maximum Gasteiger partial charge on any atom is 0.319 e. The first kappa shape index (κ1) is 19.0. The van der Waals surface area contributed by atoms with Crippen LogP contribution in [0.2, 0.25) is 0 Å². The van der Waals surface area contributed by atoms with Crippen molar-refractivity contribution in [3.05, 3.63) is 46.8 Å². The Morgan fingerprint density at radius 3 is 2.68 bits per heavy atom. The maximum atomic E-state index is 12.2. The number of carbonyl (C=O) groups is 1. The molecule has 6 nitrogen and oxygen atoms in total. The van der Waals surface area contributed by atoms with Gasteiger partial charge in [-0.2, -0.15) is 0 Å². The summed E-state index contributed by atoms with van der Waals surface area (Å²) < 4.78 is 10.7. The van der Waals surface area contributed by atoms with Gasteiger partial charge in [0.1, 0.15) is 5.76 Å². The van der Waals surface area contributed by atoms with Crippen molar-refractivity contribution in [2.45, 2.75) is 59.8 Å². The highest BCUT2D eigenvalue weighted by Crippen LogP contribution is 2.15. The molecule has 136 valence electrons. The number of hydrogen-bond donors (Lipinski definition) is 2. The molecule has 0 spiro atoms. The van der Waals surface area contributed by atoms with E-state index in [4.69, 9.17) is 9.26 Å². The first-order valence-electron chi connectivity index (χ1n) is 8.55. The van der Waals surface area contributed by atoms with Gasteiger partial charge in [0.15, 0.2) is 0 Å². The van der Waals surface area contributed by atoms with Crippen molar-refractivity contribution in [1.82, 2.24) is 10.5 Å². The topological polar surface area (TPSA) is 76.4 Å². The molecule has 2 rings (SSSR count). The summed E-state index contributed by atoms with van der Waals surface area (Å²) >= 11 is 0. The van der Waals surface area contributed by atoms with Gasteiger partial charge in [0.2, 0.25) is 0 Å². The molecule has 0 bridgehead atoms. The van der Waals surface area contributed by atoms with Crippen LogP contribution in [0.1, 0.15) is 43.4 Å². The molecule has 1 atom stereocenters. The number of nitrogens with one attached hydrogen (secondary N) is 2. The number of benzene rings is 1. The molecule has 1 aromatic carbocycles. The molecular weight excluding hydrogens is 318 g/mol. The summed E-state index contributed by atoms with van der Waals surface area (Å²) in [6.45, 7) is 10.3. The van der Waals surface area contributed by atoms with Crippen molar-refractivity contribution in [3.63, 3.8) is 0 Å². The number of carbonyl (C=O) groups excluding carboxylic acids is 1. The molecule has 0 saturated carbocycles. The van der Waals surface area contributed by atoms with Crippen molar-refractivity contribution >= 4 is 11.7 Å². The van der Waals surface area contributed by atoms with E-state index in [-0.39, 0.29) is 18.2 Å². The van der Waals surface area contributed by atoms with Gasteiger partial charge in [0.05, 0.1) is 18.4 Å². The van der Waals surface area contributed by atoms with Crippen LogP contribution in [0.4, 0.5) is 10.5 Å². The number of urea groups is 1. The Bertz CT molecular complexity index is 690. The lowest BCUT2D eigenvalue weighted by atomic mass is 10.1. The van der Waals surface area contributed by atoms with Crippen LogP contribution in [0, 0.1) is 13.8 Å². The minimum atomic E-state index is -0.235. The number of ether oxygens (including phenoxy) is 1. The highest BCUT2D eigenvalue weighted by molar-refractivity contribution is 5.89. The van der Waals surface area contributed by atoms with Crippen LogP contribution in [0.15, 0.2) is 28.8 Å². The van der Waals surface area contributed by atoms with E-state index in [1.54, 1.807) is 0 Å². The summed E-state index contributed by atoms with van der Waals surface area (Å²) in [5.74, 6) is 0.796. The van der Waals surface area contributed by atoms with E-state index < -0.39 is 0 Å². The number of rotatable bonds is 7. The lowest BCUT2D eigenvalue weighted by molar-refractivity contribution is 0.0657. The van der Waals surface area contributed by atoms with E-state index in [1.807, 2.05) is 58.9 Å². The van der Waals surface area contributed by atoms with Crippen LogP contribution >= 0.6 is 0 Å². The third-order valence-corrected chi connectivity index (χ3v) is 3.84. The molecule has 0 saturated heterocycles. The molecule has 2 aromatic rings. The van der Waals surface area contributed by atoms with E-state index in [0.29, 0.717) is 13.0 Å². The zero-order chi connectivity index (χ0) is 18.4. The minimum absolute atomic E-state index is 0.0377. The van der Waals surface area contributed by atoms with Crippen molar-refractivity contribution in [2.75, 3.05) is 5.32 Å². The zero-order valence-corrected chi connectivity index (χ0v) is 15.6. The quantitative estimate of drug-likeness (QED) is 0.796. The monoisotopic (exact) mass is 345 g/mol. The van der Waals surface area contributed by atoms with Gasteiger partial charge in [-0.05, 0) is 58.7 Å². The molecule has 0 aliphatic rings. The summed E-state index contributed by atoms with van der Waals surface area (Å²) in [5.41, 5.74) is 3.67. The highest BCUT2D eigenvalue weighted by atomic mass is 16.5. The van der Waals surface area contributed by atoms with E-state index in [1.165, 1.54) is 0 Å². The van der Waals surface area contributed by atoms with Gasteiger partial charge in [-0.25, -0.2) is 4.79 Å². The average molecular weight is 345 g/mol. The number of anilines is 1. The molecule has 0 aliphatic heterocycles. The predicted octanol–water partition coefficient (Wildman–Crippen LogP) is 3.97. The summed E-state index contributed by atoms with van der Waals surface area (Å²) in [5, 5.41) is 9.75. The van der Waals surface area contributed by atoms with Crippen LogP contribution in [-0.4, -0.2) is 23.3 Å². The smallest absolute Gasteiger partial charge is 0.319 e. The largest absolute Gasteiger partial charge is 0.374 e. The molecule has 0 fully saturated rings. The molecule has 0 aliphatic carbocycles. The Morgan fingerprint density at radius 2 is 2.04 bits per heavy atom. The standard InChI is InChI=1S/C19H27N3O3/c1-12(2)24-11-16-7-6-8-17(10-16)21-19(23)20-13(3)9-18-14(4)22-25-15(18)5/h6-8,10,12-13H,9,11H2,1-5H3,(H2,20,21,23). The van der Waals surface area contributed by atoms with Crippen molar-refractivity contribution < 1.29 is 14.1 Å². The summed E-state index contributed by atoms with van der Waals surface area (Å²) in [6, 6.07) is 7.39. The Hall–Kier alpha value is -2.34. The molecule has 25 heavy (non-hydrogen) atoms. The Kier molecular flexibility index (Phi) is 6.58. The third kappa shape index (κ3) is 5.90. The van der Waals surface area contributed by atoms with Crippen molar-refractivity contribution in [3.8, 4) is 0 Å². The van der Waals surface area contributed by atoms with Gasteiger partial charge in [0.25, 0.3) is 0 Å². The van der Waals surface area contributed by atoms with Gasteiger partial charge in [-0.3, -0.25) is 0 Å². The first-order valence-corrected chi connectivity index (χ1v) is 8.55. The predicted molar refractivity (Wildman–Crippen MR) is 97.7 cm³/mol. The fraction of sp³-hybridized carbons (Fsp3) is 0.474. The number of aryl methyl sites for hydroxylation is 2. The lowest BCUT2D eigenvalue weighted by Crippen LogP contribution is -2.37. The van der Waals surface area contributed by atoms with Crippen LogP contribution in [-0.2, 0) is 17.8 Å². The van der Waals surface area contributed by atoms with Gasteiger partial charge in [0, 0.05) is 17.3 Å². The van der Waals surface area contributed by atoms with Gasteiger partial charge in [-0.1, -0.05) is 17.3 Å². The molecule has 1 heterocycles. The third-order valence-electron chi connectivity index (χ3n) is 3.84. The van der Waals surface area contributed by atoms with Gasteiger partial charge in [-0.15, -0.1) is 0 Å². The SMILES string of the molecule is Cc1noc(C)c1CC(C)NC(=O)Nc1cccc(COC(C)C)c1. The maximum absolute atomic E-state index is 12.2. The number of amides is 2. The second kappa shape index (κ2) is 8.67. The molecule has 1 unspecified atom stereocenters. The average Bonchev–Trinajstić information content (AvgIpc) is 2.85. The van der Waals surface area contributed by atoms with E-state index >= 15 is 0 Å². The Labute approximate surface area is 148 Å². The molecule has 2 amide bonds. The second-order valence-electron chi connectivity index (χ2n) is 6.57. The van der Waals surface area contributed by atoms with Crippen molar-refractivity contribution in [2.24, 2.45) is 0 Å². The lowest BCUT2D eigenvalue weighted by Gasteiger charge is -2.15. The molecule has 1 aromatic heterocycles. The highest BCUT2D eigenvalue weighted by Gasteiger charge is 2.14. The van der Waals surface area contributed by atoms with Gasteiger partial charge >= 0.3 is 6.03 Å². The number of nitrogens with zero attached hydrogens (tertiary/aromatic N) is 1. The van der Waals surface area contributed by atoms with Crippen LogP contribution in [0.3, 0.4) is 0 Å². The fourth-order valence-electron chi connectivity index (χ4n) is 2.54. The van der Waals surface area contributed by atoms with Gasteiger partial charge < -0.3 is 19.9 Å². The molecule has 2 N–H and O–H groups in total. The summed E-state index contributed by atoms with van der Waals surface area (Å²) in [7, 11) is 0. The van der Waals surface area contributed by atoms with Crippen LogP contribution < -0.4 is 10.6 Å². The molecule has 6 heteroatoms. The molecular formula is C19H27N3O3. The van der Waals surface area contributed by atoms with Crippen LogP contribution in [0.5, 0.6) is 0 Å². The second-order valence-corrected chi connectivity index (χ2v) is 6.57. The normalized spacial score (nSPS) is 12.2. The molecule has 0 radical (unpaired) electrons. The van der Waals surface area contributed by atoms with Crippen LogP contribution in [0.25, 0.3) is 0 Å². The fourth-order valence-corrected chi connectivity index (χ4v) is 2.54. The van der Waals surface area contributed by atoms with E-state index in [0.717, 1.165) is 28.3 Å².